The van der Waals surface area contributed by atoms with Crippen LogP contribution in [0.2, 0.25) is 0 Å². The maximum atomic E-state index is 12.8. The van der Waals surface area contributed by atoms with Crippen molar-refractivity contribution in [1.29, 1.82) is 0 Å². The van der Waals surface area contributed by atoms with Crippen molar-refractivity contribution < 1.29 is 14.1 Å². The Labute approximate surface area is 120 Å². The van der Waals surface area contributed by atoms with E-state index in [2.05, 4.69) is 12.2 Å². The van der Waals surface area contributed by atoms with E-state index in [1.54, 1.807) is 12.1 Å². The van der Waals surface area contributed by atoms with E-state index in [0.29, 0.717) is 12.1 Å². The molecule has 0 spiro atoms. The van der Waals surface area contributed by atoms with Crippen LogP contribution in [-0.4, -0.2) is 25.5 Å². The van der Waals surface area contributed by atoms with Gasteiger partial charge in [0.05, 0.1) is 26.1 Å². The summed E-state index contributed by atoms with van der Waals surface area (Å²) < 4.78 is 12.8. The summed E-state index contributed by atoms with van der Waals surface area (Å²) in [6, 6.07) is 5.90. The Morgan fingerprint density at radius 1 is 1.30 bits per heavy atom. The van der Waals surface area contributed by atoms with Gasteiger partial charge >= 0.3 is 0 Å². The largest absolute Gasteiger partial charge is 0.334 e. The van der Waals surface area contributed by atoms with Gasteiger partial charge in [-0.1, -0.05) is 6.92 Å². The molecule has 1 saturated carbocycles. The Morgan fingerprint density at radius 3 is 2.60 bits per heavy atom. The predicted octanol–water partition coefficient (Wildman–Crippen LogP) is 1.86. The van der Waals surface area contributed by atoms with Crippen LogP contribution in [0.4, 0.5) is 10.1 Å². The van der Waals surface area contributed by atoms with Crippen molar-refractivity contribution in [2.45, 2.75) is 32.6 Å². The first-order chi connectivity index (χ1) is 9.67. The van der Waals surface area contributed by atoms with Gasteiger partial charge in [0.1, 0.15) is 5.82 Å². The molecular weight excluding hydrogens is 255 g/mol. The summed E-state index contributed by atoms with van der Waals surface area (Å²) in [5.74, 6) is 0.615. The Kier molecular flexibility index (Phi) is 5.53. The minimum Gasteiger partial charge on any atom is -0.334 e. The van der Waals surface area contributed by atoms with Crippen LogP contribution >= 0.6 is 0 Å². The number of carbonyl (C=O) groups is 1. The lowest BCUT2D eigenvalue weighted by atomic mass is 10.2. The van der Waals surface area contributed by atoms with Crippen molar-refractivity contribution in [1.82, 2.24) is 0 Å². The topological polar surface area (TPSA) is 33.5 Å². The van der Waals surface area contributed by atoms with Gasteiger partial charge in [0, 0.05) is 11.6 Å². The number of rotatable bonds is 8. The summed E-state index contributed by atoms with van der Waals surface area (Å²) in [5, 5.41) is 2.82. The zero-order valence-electron chi connectivity index (χ0n) is 12.1. The highest BCUT2D eigenvalue weighted by Gasteiger charge is 2.26. The van der Waals surface area contributed by atoms with Gasteiger partial charge in [-0.3, -0.25) is 4.79 Å². The highest BCUT2D eigenvalue weighted by molar-refractivity contribution is 5.90. The quantitative estimate of drug-likeness (QED) is 0.748. The van der Waals surface area contributed by atoms with Crippen LogP contribution in [0, 0.1) is 11.7 Å². The molecule has 1 amide bonds. The summed E-state index contributed by atoms with van der Waals surface area (Å²) in [4.78, 5) is 13.4. The molecule has 110 valence electrons. The van der Waals surface area contributed by atoms with Gasteiger partial charge in [-0.2, -0.15) is 0 Å². The molecule has 2 rings (SSSR count). The van der Waals surface area contributed by atoms with Gasteiger partial charge in [0.25, 0.3) is 0 Å². The van der Waals surface area contributed by atoms with Gasteiger partial charge in [-0.25, -0.2) is 4.39 Å². The number of hydrogen-bond donors (Lipinski definition) is 2. The van der Waals surface area contributed by atoms with Crippen molar-refractivity contribution in [3.8, 4) is 0 Å². The number of nitrogens with one attached hydrogen (secondary N) is 2. The SMILES string of the molecule is CCC[NH+](CCC(=O)Nc1ccc(F)cc1)CC1CC1. The molecule has 1 unspecified atom stereocenters. The van der Waals surface area contributed by atoms with Crippen LogP contribution in [0.3, 0.4) is 0 Å². The molecular formula is C16H24FN2O+. The highest BCUT2D eigenvalue weighted by Crippen LogP contribution is 2.26. The minimum absolute atomic E-state index is 0.0148. The summed E-state index contributed by atoms with van der Waals surface area (Å²) in [7, 11) is 0. The smallest absolute Gasteiger partial charge is 0.230 e. The molecule has 0 heterocycles. The summed E-state index contributed by atoms with van der Waals surface area (Å²) >= 11 is 0. The average molecular weight is 279 g/mol. The number of hydrogen-bond acceptors (Lipinski definition) is 1. The van der Waals surface area contributed by atoms with Gasteiger partial charge in [-0.05, 0) is 43.5 Å². The molecule has 0 aromatic heterocycles. The minimum atomic E-state index is -0.286. The maximum absolute atomic E-state index is 12.8. The van der Waals surface area contributed by atoms with Gasteiger partial charge in [0.2, 0.25) is 5.91 Å². The van der Waals surface area contributed by atoms with Gasteiger partial charge in [-0.15, -0.1) is 0 Å². The number of halogens is 1. The second kappa shape index (κ2) is 7.39. The fourth-order valence-electron chi connectivity index (χ4n) is 2.46. The van der Waals surface area contributed by atoms with Crippen molar-refractivity contribution >= 4 is 11.6 Å². The number of anilines is 1. The second-order valence-corrected chi connectivity index (χ2v) is 5.70. The molecule has 1 aliphatic rings. The molecule has 1 aromatic rings. The molecule has 20 heavy (non-hydrogen) atoms. The lowest BCUT2D eigenvalue weighted by molar-refractivity contribution is -0.901. The van der Waals surface area contributed by atoms with Gasteiger partial charge < -0.3 is 10.2 Å². The molecule has 0 aliphatic heterocycles. The molecule has 3 nitrogen and oxygen atoms in total. The van der Waals surface area contributed by atoms with E-state index >= 15 is 0 Å². The fourth-order valence-corrected chi connectivity index (χ4v) is 2.46. The van der Waals surface area contributed by atoms with Crippen LogP contribution in [0.25, 0.3) is 0 Å². The molecule has 0 bridgehead atoms. The Bertz CT molecular complexity index is 429. The van der Waals surface area contributed by atoms with Crippen molar-refractivity contribution in [3.05, 3.63) is 30.1 Å². The number of amides is 1. The van der Waals surface area contributed by atoms with Gasteiger partial charge in [0.15, 0.2) is 0 Å². The number of carbonyl (C=O) groups excluding carboxylic acids is 1. The first-order valence-corrected chi connectivity index (χ1v) is 7.56. The molecule has 2 N–H and O–H groups in total. The summed E-state index contributed by atoms with van der Waals surface area (Å²) in [6.45, 7) is 5.42. The summed E-state index contributed by atoms with van der Waals surface area (Å²) in [5.41, 5.74) is 0.663. The van der Waals surface area contributed by atoms with Crippen LogP contribution in [0.1, 0.15) is 32.6 Å². The Hall–Kier alpha value is -1.42. The Balaban J connectivity index is 1.73. The normalized spacial score (nSPS) is 15.9. The third kappa shape index (κ3) is 5.29. The lowest BCUT2D eigenvalue weighted by Gasteiger charge is -2.18. The van der Waals surface area contributed by atoms with E-state index in [9.17, 15) is 9.18 Å². The zero-order chi connectivity index (χ0) is 14.4. The van der Waals surface area contributed by atoms with E-state index in [0.717, 1.165) is 25.4 Å². The van der Waals surface area contributed by atoms with Crippen LogP contribution in [0.5, 0.6) is 0 Å². The standard InChI is InChI=1S/C16H23FN2O/c1-2-10-19(12-13-3-4-13)11-9-16(20)18-15-7-5-14(17)6-8-15/h5-8,13H,2-4,9-12H2,1H3,(H,18,20)/p+1. The highest BCUT2D eigenvalue weighted by atomic mass is 19.1. The molecule has 0 saturated heterocycles. The zero-order valence-corrected chi connectivity index (χ0v) is 12.1. The fraction of sp³-hybridized carbons (Fsp3) is 0.562. The monoisotopic (exact) mass is 279 g/mol. The van der Waals surface area contributed by atoms with Crippen molar-refractivity contribution in [3.63, 3.8) is 0 Å². The molecule has 1 atom stereocenters. The number of quaternary nitrogens is 1. The maximum Gasteiger partial charge on any atom is 0.230 e. The first kappa shape index (κ1) is 15.0. The lowest BCUT2D eigenvalue weighted by Crippen LogP contribution is -3.12. The second-order valence-electron chi connectivity index (χ2n) is 5.70. The summed E-state index contributed by atoms with van der Waals surface area (Å²) in [6.07, 6.45) is 4.39. The molecule has 4 heteroatoms. The Morgan fingerprint density at radius 2 is 2.00 bits per heavy atom. The molecule has 1 aromatic carbocycles. The van der Waals surface area contributed by atoms with E-state index in [1.807, 2.05) is 0 Å². The van der Waals surface area contributed by atoms with Crippen molar-refractivity contribution in [2.24, 2.45) is 5.92 Å². The van der Waals surface area contributed by atoms with E-state index in [-0.39, 0.29) is 11.7 Å². The predicted molar refractivity (Wildman–Crippen MR) is 78.2 cm³/mol. The van der Waals surface area contributed by atoms with Crippen LogP contribution in [0.15, 0.2) is 24.3 Å². The van der Waals surface area contributed by atoms with E-state index in [4.69, 9.17) is 0 Å². The first-order valence-electron chi connectivity index (χ1n) is 7.56. The van der Waals surface area contributed by atoms with E-state index in [1.165, 1.54) is 36.4 Å². The molecule has 0 radical (unpaired) electrons. The third-order valence-corrected chi connectivity index (χ3v) is 3.71. The average Bonchev–Trinajstić information content (AvgIpc) is 3.23. The third-order valence-electron chi connectivity index (χ3n) is 3.71. The van der Waals surface area contributed by atoms with Crippen LogP contribution < -0.4 is 10.2 Å². The van der Waals surface area contributed by atoms with Crippen LogP contribution in [-0.2, 0) is 4.79 Å². The molecule has 1 aliphatic carbocycles. The molecule has 1 fully saturated rings. The number of benzene rings is 1. The van der Waals surface area contributed by atoms with E-state index < -0.39 is 0 Å². The van der Waals surface area contributed by atoms with Crippen molar-refractivity contribution in [2.75, 3.05) is 25.0 Å².